The van der Waals surface area contributed by atoms with Crippen molar-refractivity contribution in [3.63, 3.8) is 0 Å². The van der Waals surface area contributed by atoms with Gasteiger partial charge in [0.1, 0.15) is 4.90 Å². The summed E-state index contributed by atoms with van der Waals surface area (Å²) in [6, 6.07) is 4.71. The molecule has 0 saturated carbocycles. The molecule has 0 amide bonds. The van der Waals surface area contributed by atoms with Gasteiger partial charge >= 0.3 is 0 Å². The summed E-state index contributed by atoms with van der Waals surface area (Å²) in [4.78, 5) is 2.03. The number of sulfonamides is 1. The lowest BCUT2D eigenvalue weighted by Gasteiger charge is -2.10. The highest BCUT2D eigenvalue weighted by Gasteiger charge is 2.20. The van der Waals surface area contributed by atoms with Crippen LogP contribution in [0.5, 0.6) is 0 Å². The lowest BCUT2D eigenvalue weighted by molar-refractivity contribution is 0.582. The molecule has 0 unspecified atom stereocenters. The fourth-order valence-corrected chi connectivity index (χ4v) is 4.59. The largest absolute Gasteiger partial charge is 0.396 e. The van der Waals surface area contributed by atoms with Crippen LogP contribution in [-0.2, 0) is 16.6 Å². The molecule has 0 aliphatic heterocycles. The minimum Gasteiger partial charge on any atom is -0.396 e. The minimum atomic E-state index is -3.75. The van der Waals surface area contributed by atoms with Gasteiger partial charge in [0.05, 0.1) is 15.7 Å². The fraction of sp³-hybridized carbons (Fsp3) is 0.231. The number of thiophene rings is 1. The van der Waals surface area contributed by atoms with E-state index in [1.807, 2.05) is 19.9 Å². The van der Waals surface area contributed by atoms with Crippen molar-refractivity contribution in [2.75, 3.05) is 5.73 Å². The first kappa shape index (κ1) is 16.6. The molecule has 8 heteroatoms. The molecule has 21 heavy (non-hydrogen) atoms. The van der Waals surface area contributed by atoms with Crippen LogP contribution in [0.2, 0.25) is 10.0 Å². The molecule has 0 bridgehead atoms. The second-order valence-electron chi connectivity index (χ2n) is 4.55. The minimum absolute atomic E-state index is 0.0593. The Bertz CT molecular complexity index is 766. The van der Waals surface area contributed by atoms with Gasteiger partial charge in [-0.25, -0.2) is 13.1 Å². The molecule has 114 valence electrons. The number of nitrogen functional groups attached to an aromatic ring is 1. The normalized spacial score (nSPS) is 11.8. The lowest BCUT2D eigenvalue weighted by atomic mass is 10.3. The van der Waals surface area contributed by atoms with E-state index in [1.54, 1.807) is 11.3 Å². The monoisotopic (exact) mass is 364 g/mol. The van der Waals surface area contributed by atoms with E-state index < -0.39 is 10.0 Å². The van der Waals surface area contributed by atoms with Gasteiger partial charge in [-0.3, -0.25) is 0 Å². The molecule has 0 aliphatic rings. The van der Waals surface area contributed by atoms with Gasteiger partial charge in [0.25, 0.3) is 0 Å². The van der Waals surface area contributed by atoms with Crippen molar-refractivity contribution in [3.8, 4) is 0 Å². The van der Waals surface area contributed by atoms with E-state index in [0.717, 1.165) is 15.3 Å². The van der Waals surface area contributed by atoms with E-state index in [1.165, 1.54) is 12.1 Å². The van der Waals surface area contributed by atoms with Crippen LogP contribution >= 0.6 is 34.5 Å². The zero-order valence-corrected chi connectivity index (χ0v) is 14.6. The van der Waals surface area contributed by atoms with E-state index in [2.05, 4.69) is 4.72 Å². The van der Waals surface area contributed by atoms with E-state index in [-0.39, 0.29) is 27.2 Å². The van der Waals surface area contributed by atoms with Gasteiger partial charge in [0.2, 0.25) is 10.0 Å². The fourth-order valence-electron chi connectivity index (χ4n) is 1.74. The van der Waals surface area contributed by atoms with Gasteiger partial charge in [-0.1, -0.05) is 23.2 Å². The Labute approximate surface area is 137 Å². The van der Waals surface area contributed by atoms with Gasteiger partial charge in [-0.2, -0.15) is 0 Å². The molecule has 3 N–H and O–H groups in total. The highest BCUT2D eigenvalue weighted by atomic mass is 35.5. The third-order valence-electron chi connectivity index (χ3n) is 3.03. The Kier molecular flexibility index (Phi) is 4.85. The van der Waals surface area contributed by atoms with Crippen molar-refractivity contribution in [3.05, 3.63) is 43.6 Å². The molecule has 0 radical (unpaired) electrons. The zero-order chi connectivity index (χ0) is 15.8. The third-order valence-corrected chi connectivity index (χ3v) is 6.48. The van der Waals surface area contributed by atoms with Crippen LogP contribution in [0.3, 0.4) is 0 Å². The summed E-state index contributed by atoms with van der Waals surface area (Å²) >= 11 is 13.3. The second kappa shape index (κ2) is 6.14. The molecule has 0 spiro atoms. The Morgan fingerprint density at radius 3 is 2.52 bits per heavy atom. The summed E-state index contributed by atoms with van der Waals surface area (Å²) in [5, 5.41) is 0.164. The smallest absolute Gasteiger partial charge is 0.242 e. The molecule has 1 aromatic carbocycles. The molecule has 1 aromatic heterocycles. The zero-order valence-electron chi connectivity index (χ0n) is 11.4. The molecule has 1 heterocycles. The van der Waals surface area contributed by atoms with Gasteiger partial charge in [-0.15, -0.1) is 11.3 Å². The molecule has 4 nitrogen and oxygen atoms in total. The van der Waals surface area contributed by atoms with Crippen LogP contribution in [0.4, 0.5) is 5.69 Å². The molecule has 0 saturated heterocycles. The molecule has 0 fully saturated rings. The maximum absolute atomic E-state index is 12.3. The Morgan fingerprint density at radius 2 is 1.95 bits per heavy atom. The summed E-state index contributed by atoms with van der Waals surface area (Å²) in [6.07, 6.45) is 0. The van der Waals surface area contributed by atoms with Crippen LogP contribution in [0.1, 0.15) is 15.3 Å². The van der Waals surface area contributed by atoms with Crippen molar-refractivity contribution in [2.45, 2.75) is 25.3 Å². The standard InChI is InChI=1S/C13H14Cl2N2O2S2/c1-7-5-9(20-8(7)2)6-17-21(18,19)11-4-3-10(14)13(16)12(11)15/h3-5,17H,6,16H2,1-2H3. The first-order chi connectivity index (χ1) is 9.72. The molecule has 0 atom stereocenters. The number of anilines is 1. The molecule has 2 rings (SSSR count). The predicted molar refractivity (Wildman–Crippen MR) is 88.7 cm³/mol. The average molecular weight is 365 g/mol. The van der Waals surface area contributed by atoms with Crippen molar-refractivity contribution in [2.24, 2.45) is 0 Å². The number of rotatable bonds is 4. The SMILES string of the molecule is Cc1cc(CNS(=O)(=O)c2ccc(Cl)c(N)c2Cl)sc1C. The number of hydrogen-bond donors (Lipinski definition) is 2. The van der Waals surface area contributed by atoms with Crippen LogP contribution in [0, 0.1) is 13.8 Å². The Hall–Kier alpha value is -0.790. The summed E-state index contributed by atoms with van der Waals surface area (Å²) in [7, 11) is -3.75. The maximum atomic E-state index is 12.3. The topological polar surface area (TPSA) is 72.2 Å². The maximum Gasteiger partial charge on any atom is 0.242 e. The third kappa shape index (κ3) is 3.52. The van der Waals surface area contributed by atoms with E-state index in [4.69, 9.17) is 28.9 Å². The van der Waals surface area contributed by atoms with Gasteiger partial charge in [0, 0.05) is 16.3 Å². The highest BCUT2D eigenvalue weighted by Crippen LogP contribution is 2.33. The van der Waals surface area contributed by atoms with Crippen molar-refractivity contribution in [1.82, 2.24) is 4.72 Å². The number of nitrogens with two attached hydrogens (primary N) is 1. The first-order valence-electron chi connectivity index (χ1n) is 6.01. The second-order valence-corrected chi connectivity index (χ2v) is 8.41. The van der Waals surface area contributed by atoms with E-state index >= 15 is 0 Å². The van der Waals surface area contributed by atoms with Crippen molar-refractivity contribution < 1.29 is 8.42 Å². The summed E-state index contributed by atoms with van der Waals surface area (Å²) < 4.78 is 27.1. The summed E-state index contributed by atoms with van der Waals surface area (Å²) in [6.45, 7) is 4.19. The van der Waals surface area contributed by atoms with Gasteiger partial charge < -0.3 is 5.73 Å². The lowest BCUT2D eigenvalue weighted by Crippen LogP contribution is -2.23. The highest BCUT2D eigenvalue weighted by molar-refractivity contribution is 7.89. The Morgan fingerprint density at radius 1 is 1.29 bits per heavy atom. The molecule has 0 aliphatic carbocycles. The number of benzene rings is 1. The van der Waals surface area contributed by atoms with Crippen molar-refractivity contribution >= 4 is 50.2 Å². The van der Waals surface area contributed by atoms with Crippen LogP contribution in [0.15, 0.2) is 23.1 Å². The number of nitrogens with one attached hydrogen (secondary N) is 1. The molecular formula is C13H14Cl2N2O2S2. The van der Waals surface area contributed by atoms with Crippen LogP contribution < -0.4 is 10.5 Å². The van der Waals surface area contributed by atoms with Crippen LogP contribution in [-0.4, -0.2) is 8.42 Å². The first-order valence-corrected chi connectivity index (χ1v) is 9.07. The average Bonchev–Trinajstić information content (AvgIpc) is 2.73. The number of halogens is 2. The number of hydrogen-bond acceptors (Lipinski definition) is 4. The quantitative estimate of drug-likeness (QED) is 0.811. The van der Waals surface area contributed by atoms with E-state index in [9.17, 15) is 8.42 Å². The predicted octanol–water partition coefficient (Wildman–Crippen LogP) is 3.73. The summed E-state index contributed by atoms with van der Waals surface area (Å²) in [5.74, 6) is 0. The number of aryl methyl sites for hydroxylation is 2. The summed E-state index contributed by atoms with van der Waals surface area (Å²) in [5.41, 5.74) is 6.86. The Balaban J connectivity index is 2.25. The molecular weight excluding hydrogens is 351 g/mol. The molecule has 2 aromatic rings. The van der Waals surface area contributed by atoms with Gasteiger partial charge in [-0.05, 0) is 37.6 Å². The van der Waals surface area contributed by atoms with Crippen molar-refractivity contribution in [1.29, 1.82) is 0 Å². The van der Waals surface area contributed by atoms with Crippen LogP contribution in [0.25, 0.3) is 0 Å². The van der Waals surface area contributed by atoms with E-state index in [0.29, 0.717) is 0 Å². The van der Waals surface area contributed by atoms with Gasteiger partial charge in [0.15, 0.2) is 0 Å².